The number of pyridine rings is 1. The number of alkyl halides is 2. The van der Waals surface area contributed by atoms with Gasteiger partial charge in [0, 0.05) is 41.9 Å². The smallest absolute Gasteiger partial charge is 0.248 e. The van der Waals surface area contributed by atoms with E-state index in [9.17, 15) is 18.7 Å². The predicted molar refractivity (Wildman–Crippen MR) is 133 cm³/mol. The molecule has 6 rings (SSSR count). The maximum Gasteiger partial charge on any atom is 0.248 e. The van der Waals surface area contributed by atoms with Crippen molar-refractivity contribution in [2.24, 2.45) is 5.92 Å². The normalized spacial score (nSPS) is 19.3. The third-order valence-electron chi connectivity index (χ3n) is 6.63. The molecule has 0 radical (unpaired) electrons. The molecule has 182 valence electrons. The van der Waals surface area contributed by atoms with Crippen LogP contribution in [-0.2, 0) is 4.79 Å². The average molecular weight is 516 g/mol. The minimum atomic E-state index is -2.61. The highest BCUT2D eigenvalue weighted by Crippen LogP contribution is 2.36. The van der Waals surface area contributed by atoms with Crippen LogP contribution in [0.5, 0.6) is 0 Å². The molecular formula is C24H23F2N5O2S2. The second-order valence-electron chi connectivity index (χ2n) is 9.31. The summed E-state index contributed by atoms with van der Waals surface area (Å²) < 4.78 is 32.3. The van der Waals surface area contributed by atoms with E-state index in [-0.39, 0.29) is 30.7 Å². The van der Waals surface area contributed by atoms with Crippen LogP contribution in [0.4, 0.5) is 13.9 Å². The number of carbonyl (C=O) groups is 1. The summed E-state index contributed by atoms with van der Waals surface area (Å²) in [6.45, 7) is 0. The first kappa shape index (κ1) is 22.8. The molecule has 35 heavy (non-hydrogen) atoms. The molecule has 2 saturated carbocycles. The van der Waals surface area contributed by atoms with Crippen molar-refractivity contribution in [3.63, 3.8) is 0 Å². The topological polar surface area (TPSA) is 100 Å². The molecule has 3 aromatic heterocycles. The van der Waals surface area contributed by atoms with E-state index in [0.29, 0.717) is 28.5 Å². The summed E-state index contributed by atoms with van der Waals surface area (Å²) in [5.74, 6) is -2.46. The molecule has 2 aliphatic rings. The van der Waals surface area contributed by atoms with E-state index in [1.165, 1.54) is 22.9 Å². The molecule has 3 N–H and O–H groups in total. The number of aromatic nitrogens is 3. The minimum absolute atomic E-state index is 0.0329. The number of benzene rings is 1. The van der Waals surface area contributed by atoms with Gasteiger partial charge in [0.2, 0.25) is 11.8 Å². The number of hydrogen-bond donors (Lipinski definition) is 3. The lowest BCUT2D eigenvalue weighted by Crippen LogP contribution is -2.39. The Balaban J connectivity index is 1.23. The largest absolute Gasteiger partial charge is 0.373 e. The molecular weight excluding hydrogens is 492 g/mol. The third-order valence-corrected chi connectivity index (χ3v) is 8.35. The van der Waals surface area contributed by atoms with Gasteiger partial charge in [0.05, 0.1) is 10.2 Å². The van der Waals surface area contributed by atoms with E-state index in [2.05, 4.69) is 25.0 Å². The Hall–Kier alpha value is -2.60. The molecule has 1 amide bonds. The summed E-state index contributed by atoms with van der Waals surface area (Å²) in [4.78, 5) is 21.8. The Labute approximate surface area is 207 Å². The van der Waals surface area contributed by atoms with Crippen LogP contribution in [0.1, 0.15) is 50.4 Å². The Morgan fingerprint density at radius 3 is 2.71 bits per heavy atom. The van der Waals surface area contributed by atoms with Crippen LogP contribution < -0.4 is 10.6 Å². The summed E-state index contributed by atoms with van der Waals surface area (Å²) in [7, 11) is 0. The van der Waals surface area contributed by atoms with Gasteiger partial charge in [-0.25, -0.2) is 18.7 Å². The number of amides is 1. The second-order valence-corrected chi connectivity index (χ2v) is 11.1. The van der Waals surface area contributed by atoms with E-state index in [1.807, 2.05) is 24.3 Å². The van der Waals surface area contributed by atoms with Crippen molar-refractivity contribution in [3.05, 3.63) is 36.2 Å². The summed E-state index contributed by atoms with van der Waals surface area (Å²) in [6.07, 6.45) is 2.87. The van der Waals surface area contributed by atoms with Crippen molar-refractivity contribution in [2.75, 3.05) is 5.32 Å². The fourth-order valence-corrected chi connectivity index (χ4v) is 6.08. The van der Waals surface area contributed by atoms with Gasteiger partial charge in [-0.05, 0) is 61.0 Å². The zero-order valence-corrected chi connectivity index (χ0v) is 20.3. The third kappa shape index (κ3) is 4.77. The van der Waals surface area contributed by atoms with E-state index >= 15 is 0 Å². The van der Waals surface area contributed by atoms with E-state index < -0.39 is 12.2 Å². The summed E-state index contributed by atoms with van der Waals surface area (Å²) >= 11 is 2.63. The molecule has 0 spiro atoms. The number of fused-ring (bicyclic) bond motifs is 2. The molecule has 0 bridgehead atoms. The monoisotopic (exact) mass is 515 g/mol. The number of nitrogens with zero attached hydrogens (tertiary/aromatic N) is 3. The molecule has 1 atom stereocenters. The summed E-state index contributed by atoms with van der Waals surface area (Å²) in [6, 6.07) is 7.65. The van der Waals surface area contributed by atoms with Gasteiger partial charge in [-0.1, -0.05) is 17.4 Å². The molecule has 0 saturated heterocycles. The second kappa shape index (κ2) is 8.81. The maximum atomic E-state index is 13.5. The van der Waals surface area contributed by atoms with Crippen LogP contribution in [-0.4, -0.2) is 37.3 Å². The highest BCUT2D eigenvalue weighted by molar-refractivity contribution is 7.22. The highest BCUT2D eigenvalue weighted by atomic mass is 32.1. The highest BCUT2D eigenvalue weighted by Gasteiger charge is 2.35. The Morgan fingerprint density at radius 2 is 1.94 bits per heavy atom. The molecule has 1 unspecified atom stereocenters. The zero-order valence-electron chi connectivity index (χ0n) is 18.6. The van der Waals surface area contributed by atoms with Gasteiger partial charge in [-0.2, -0.15) is 4.37 Å². The SMILES string of the molecule is O=C(Nc1nc2ccc(-c3cnc4snc(C(O)NC5CCC(F)(F)CC5)c4c3)cc2s1)C1CC1. The van der Waals surface area contributed by atoms with Gasteiger partial charge in [0.15, 0.2) is 5.13 Å². The van der Waals surface area contributed by atoms with Crippen LogP contribution in [0.15, 0.2) is 30.5 Å². The lowest BCUT2D eigenvalue weighted by atomic mass is 9.92. The molecule has 7 nitrogen and oxygen atoms in total. The van der Waals surface area contributed by atoms with Crippen LogP contribution >= 0.6 is 22.9 Å². The van der Waals surface area contributed by atoms with Gasteiger partial charge >= 0.3 is 0 Å². The summed E-state index contributed by atoms with van der Waals surface area (Å²) in [5, 5.41) is 18.1. The number of halogens is 2. The number of rotatable bonds is 6. The predicted octanol–water partition coefficient (Wildman–Crippen LogP) is 5.47. The first-order valence-corrected chi connectivity index (χ1v) is 13.2. The quantitative estimate of drug-likeness (QED) is 0.294. The van der Waals surface area contributed by atoms with Gasteiger partial charge in [-0.15, -0.1) is 0 Å². The number of anilines is 1. The first-order valence-electron chi connectivity index (χ1n) is 11.6. The summed E-state index contributed by atoms with van der Waals surface area (Å²) in [5.41, 5.74) is 3.07. The van der Waals surface area contributed by atoms with Gasteiger partial charge in [0.1, 0.15) is 16.8 Å². The number of carbonyl (C=O) groups excluding carboxylic acids is 1. The first-order chi connectivity index (χ1) is 16.8. The van der Waals surface area contributed by atoms with Gasteiger partial charge in [-0.3, -0.25) is 10.1 Å². The van der Waals surface area contributed by atoms with Crippen molar-refractivity contribution in [1.82, 2.24) is 19.7 Å². The standard InChI is InChI=1S/C24H23F2N5O2S2/c25-24(26)7-5-15(6-8-24)28-21(33)19-16-9-14(11-27-22(16)35-31-19)13-3-4-17-18(10-13)34-23(29-17)30-20(32)12-1-2-12/h3-4,9-12,15,21,28,33H,1-2,5-8H2,(H,29,30,32). The molecule has 3 heterocycles. The molecule has 4 aromatic rings. The van der Waals surface area contributed by atoms with Crippen molar-refractivity contribution in [3.8, 4) is 11.1 Å². The molecule has 0 aliphatic heterocycles. The van der Waals surface area contributed by atoms with Gasteiger partial charge in [0.25, 0.3) is 0 Å². The molecule has 2 aliphatic carbocycles. The van der Waals surface area contributed by atoms with Crippen LogP contribution in [0.25, 0.3) is 31.6 Å². The number of thiazole rings is 1. The van der Waals surface area contributed by atoms with Crippen molar-refractivity contribution < 1.29 is 18.7 Å². The Bertz CT molecular complexity index is 1410. The molecule has 2 fully saturated rings. The van der Waals surface area contributed by atoms with Crippen molar-refractivity contribution in [2.45, 2.75) is 56.7 Å². The Kier molecular flexibility index (Phi) is 5.75. The lowest BCUT2D eigenvalue weighted by molar-refractivity contribution is -0.117. The van der Waals surface area contributed by atoms with Crippen molar-refractivity contribution in [1.29, 1.82) is 0 Å². The van der Waals surface area contributed by atoms with Crippen LogP contribution in [0.2, 0.25) is 0 Å². The fourth-order valence-electron chi connectivity index (χ4n) is 4.42. The number of hydrogen-bond acceptors (Lipinski definition) is 8. The lowest BCUT2D eigenvalue weighted by Gasteiger charge is -2.30. The number of nitrogens with one attached hydrogen (secondary N) is 2. The van der Waals surface area contributed by atoms with Crippen molar-refractivity contribution >= 4 is 54.3 Å². The number of aliphatic hydroxyl groups is 1. The maximum absolute atomic E-state index is 13.5. The van der Waals surface area contributed by atoms with E-state index in [0.717, 1.165) is 39.6 Å². The average Bonchev–Trinajstić information content (AvgIpc) is 3.48. The number of aliphatic hydroxyl groups excluding tert-OH is 1. The van der Waals surface area contributed by atoms with E-state index in [4.69, 9.17) is 0 Å². The van der Waals surface area contributed by atoms with Gasteiger partial charge < -0.3 is 10.4 Å². The minimum Gasteiger partial charge on any atom is -0.373 e. The Morgan fingerprint density at radius 1 is 1.14 bits per heavy atom. The van der Waals surface area contributed by atoms with E-state index in [1.54, 1.807) is 6.20 Å². The zero-order chi connectivity index (χ0) is 24.2. The molecule has 1 aromatic carbocycles. The fraction of sp³-hybridized carbons (Fsp3) is 0.417. The van der Waals surface area contributed by atoms with Crippen LogP contribution in [0, 0.1) is 5.92 Å². The van der Waals surface area contributed by atoms with Crippen LogP contribution in [0.3, 0.4) is 0 Å². The molecule has 11 heteroatoms.